The van der Waals surface area contributed by atoms with E-state index in [9.17, 15) is 4.79 Å². The van der Waals surface area contributed by atoms with Crippen molar-refractivity contribution in [1.29, 1.82) is 0 Å². The van der Waals surface area contributed by atoms with E-state index in [1.807, 2.05) is 63.2 Å². The fourth-order valence-electron chi connectivity index (χ4n) is 2.70. The molecule has 0 N–H and O–H groups in total. The van der Waals surface area contributed by atoms with E-state index in [0.717, 1.165) is 22.3 Å². The van der Waals surface area contributed by atoms with Gasteiger partial charge in [-0.25, -0.2) is 0 Å². The van der Waals surface area contributed by atoms with Crippen molar-refractivity contribution in [3.63, 3.8) is 0 Å². The van der Waals surface area contributed by atoms with Crippen LogP contribution in [0, 0.1) is 6.92 Å². The largest absolute Gasteiger partial charge is 0.304 e. The molecule has 3 rings (SSSR count). The second-order valence-electron chi connectivity index (χ2n) is 5.79. The van der Waals surface area contributed by atoms with Gasteiger partial charge in [0.25, 0.3) is 5.91 Å². The summed E-state index contributed by atoms with van der Waals surface area (Å²) >= 11 is 0. The van der Waals surface area contributed by atoms with Crippen molar-refractivity contribution >= 4 is 22.5 Å². The number of anilines is 1. The predicted octanol–water partition coefficient (Wildman–Crippen LogP) is 3.99. The van der Waals surface area contributed by atoms with Gasteiger partial charge in [0.1, 0.15) is 0 Å². The summed E-state index contributed by atoms with van der Waals surface area (Å²) in [6, 6.07) is 13.5. The van der Waals surface area contributed by atoms with E-state index in [2.05, 4.69) is 9.97 Å². The molecule has 0 bridgehead atoms. The number of pyridine rings is 2. The normalized spacial score (nSPS) is 11.0. The summed E-state index contributed by atoms with van der Waals surface area (Å²) < 4.78 is 0. The number of hydrogen-bond acceptors (Lipinski definition) is 3. The first-order valence-electron chi connectivity index (χ1n) is 7.68. The van der Waals surface area contributed by atoms with Crippen LogP contribution in [0.4, 0.5) is 5.69 Å². The minimum Gasteiger partial charge on any atom is -0.304 e. The highest BCUT2D eigenvalue weighted by Gasteiger charge is 2.23. The van der Waals surface area contributed by atoms with Crippen LogP contribution in [0.3, 0.4) is 0 Å². The molecule has 0 atom stereocenters. The monoisotopic (exact) mass is 305 g/mol. The lowest BCUT2D eigenvalue weighted by Gasteiger charge is -2.27. The molecule has 0 unspecified atom stereocenters. The van der Waals surface area contributed by atoms with Gasteiger partial charge in [-0.1, -0.05) is 18.2 Å². The molecule has 116 valence electrons. The molecule has 4 heteroatoms. The number of aryl methyl sites for hydroxylation is 1. The lowest BCUT2D eigenvalue weighted by Crippen LogP contribution is -2.37. The van der Waals surface area contributed by atoms with Crippen LogP contribution in [0.5, 0.6) is 0 Å². The number of para-hydroxylation sites is 1. The molecule has 2 heterocycles. The summed E-state index contributed by atoms with van der Waals surface area (Å²) in [7, 11) is 0. The van der Waals surface area contributed by atoms with E-state index in [4.69, 9.17) is 0 Å². The van der Waals surface area contributed by atoms with E-state index in [0.29, 0.717) is 5.56 Å². The van der Waals surface area contributed by atoms with Crippen LogP contribution in [-0.2, 0) is 0 Å². The van der Waals surface area contributed by atoms with Gasteiger partial charge in [-0.2, -0.15) is 0 Å². The highest BCUT2D eigenvalue weighted by Crippen LogP contribution is 2.22. The molecule has 23 heavy (non-hydrogen) atoms. The lowest BCUT2D eigenvalue weighted by molar-refractivity contribution is 0.0979. The third-order valence-electron chi connectivity index (χ3n) is 3.80. The van der Waals surface area contributed by atoms with Crippen LogP contribution >= 0.6 is 0 Å². The molecule has 0 aliphatic heterocycles. The first kappa shape index (κ1) is 15.2. The quantitative estimate of drug-likeness (QED) is 0.735. The van der Waals surface area contributed by atoms with Gasteiger partial charge in [-0.15, -0.1) is 0 Å². The number of fused-ring (bicyclic) bond motifs is 1. The first-order valence-corrected chi connectivity index (χ1v) is 7.68. The molecule has 0 radical (unpaired) electrons. The van der Waals surface area contributed by atoms with Crippen LogP contribution < -0.4 is 4.90 Å². The average molecular weight is 305 g/mol. The molecular formula is C19H19N3O. The van der Waals surface area contributed by atoms with Gasteiger partial charge in [0.05, 0.1) is 28.7 Å². The molecule has 0 spiro atoms. The molecule has 1 aromatic carbocycles. The van der Waals surface area contributed by atoms with Crippen LogP contribution in [-0.4, -0.2) is 21.9 Å². The Bertz CT molecular complexity index is 844. The molecule has 1 amide bonds. The molecule has 3 aromatic rings. The summed E-state index contributed by atoms with van der Waals surface area (Å²) in [5.74, 6) is -0.0521. The molecular weight excluding hydrogens is 286 g/mol. The Balaban J connectivity index is 2.09. The lowest BCUT2D eigenvalue weighted by atomic mass is 10.1. The van der Waals surface area contributed by atoms with Crippen LogP contribution in [0.25, 0.3) is 10.9 Å². The van der Waals surface area contributed by atoms with Gasteiger partial charge in [0, 0.05) is 17.6 Å². The minimum absolute atomic E-state index is 0.0255. The van der Waals surface area contributed by atoms with Gasteiger partial charge in [0.15, 0.2) is 0 Å². The number of benzene rings is 1. The standard InChI is InChI=1S/C19H19N3O/c1-13(2)22(16-8-6-10-20-12-16)19(23)17-11-15-7-4-5-9-18(15)21-14(17)3/h4-13H,1-3H3. The van der Waals surface area contributed by atoms with E-state index in [-0.39, 0.29) is 11.9 Å². The average Bonchev–Trinajstić information content (AvgIpc) is 2.55. The fourth-order valence-corrected chi connectivity index (χ4v) is 2.70. The Morgan fingerprint density at radius 1 is 1.13 bits per heavy atom. The van der Waals surface area contributed by atoms with Gasteiger partial charge < -0.3 is 4.90 Å². The maximum atomic E-state index is 13.1. The summed E-state index contributed by atoms with van der Waals surface area (Å²) in [5.41, 5.74) is 3.06. The Kier molecular flexibility index (Phi) is 4.06. The number of hydrogen-bond donors (Lipinski definition) is 0. The van der Waals surface area contributed by atoms with Crippen molar-refractivity contribution in [2.24, 2.45) is 0 Å². The van der Waals surface area contributed by atoms with E-state index in [1.54, 1.807) is 17.3 Å². The van der Waals surface area contributed by atoms with Crippen LogP contribution in [0.15, 0.2) is 54.9 Å². The Morgan fingerprint density at radius 3 is 2.61 bits per heavy atom. The zero-order valence-corrected chi connectivity index (χ0v) is 13.5. The van der Waals surface area contributed by atoms with Gasteiger partial charge in [-0.3, -0.25) is 14.8 Å². The summed E-state index contributed by atoms with van der Waals surface area (Å²) in [6.45, 7) is 5.87. The maximum Gasteiger partial charge on any atom is 0.260 e. The van der Waals surface area contributed by atoms with Crippen molar-refractivity contribution in [3.8, 4) is 0 Å². The second kappa shape index (κ2) is 6.16. The summed E-state index contributed by atoms with van der Waals surface area (Å²) in [6.07, 6.45) is 3.41. The zero-order valence-electron chi connectivity index (χ0n) is 13.5. The van der Waals surface area contributed by atoms with Crippen molar-refractivity contribution in [1.82, 2.24) is 9.97 Å². The summed E-state index contributed by atoms with van der Waals surface area (Å²) in [4.78, 5) is 23.6. The highest BCUT2D eigenvalue weighted by molar-refractivity contribution is 6.08. The smallest absolute Gasteiger partial charge is 0.260 e. The Morgan fingerprint density at radius 2 is 1.91 bits per heavy atom. The summed E-state index contributed by atoms with van der Waals surface area (Å²) in [5, 5.41) is 0.969. The van der Waals surface area contributed by atoms with Gasteiger partial charge in [-0.05, 0) is 45.0 Å². The van der Waals surface area contributed by atoms with Crippen molar-refractivity contribution < 1.29 is 4.79 Å². The van der Waals surface area contributed by atoms with Gasteiger partial charge in [0.2, 0.25) is 0 Å². The molecule has 4 nitrogen and oxygen atoms in total. The number of carbonyl (C=O) groups is 1. The minimum atomic E-state index is -0.0521. The van der Waals surface area contributed by atoms with Crippen molar-refractivity contribution in [2.75, 3.05) is 4.90 Å². The highest BCUT2D eigenvalue weighted by atomic mass is 16.2. The molecule has 0 aliphatic rings. The molecule has 0 fully saturated rings. The van der Waals surface area contributed by atoms with Gasteiger partial charge >= 0.3 is 0 Å². The third kappa shape index (κ3) is 2.93. The predicted molar refractivity (Wildman–Crippen MR) is 92.7 cm³/mol. The number of rotatable bonds is 3. The molecule has 0 saturated carbocycles. The van der Waals surface area contributed by atoms with Crippen LogP contribution in [0.2, 0.25) is 0 Å². The molecule has 0 saturated heterocycles. The van der Waals surface area contributed by atoms with E-state index < -0.39 is 0 Å². The van der Waals surface area contributed by atoms with Crippen LogP contribution in [0.1, 0.15) is 29.9 Å². The Labute approximate surface area is 135 Å². The molecule has 2 aromatic heterocycles. The fraction of sp³-hybridized carbons (Fsp3) is 0.211. The van der Waals surface area contributed by atoms with Crippen molar-refractivity contribution in [3.05, 3.63) is 66.1 Å². The maximum absolute atomic E-state index is 13.1. The number of aromatic nitrogens is 2. The third-order valence-corrected chi connectivity index (χ3v) is 3.80. The second-order valence-corrected chi connectivity index (χ2v) is 5.79. The Hall–Kier alpha value is -2.75. The van der Waals surface area contributed by atoms with E-state index >= 15 is 0 Å². The SMILES string of the molecule is Cc1nc2ccccc2cc1C(=O)N(c1cccnc1)C(C)C. The van der Waals surface area contributed by atoms with E-state index in [1.165, 1.54) is 0 Å². The first-order chi connectivity index (χ1) is 11.1. The topological polar surface area (TPSA) is 46.1 Å². The number of amides is 1. The van der Waals surface area contributed by atoms with Crippen molar-refractivity contribution in [2.45, 2.75) is 26.8 Å². The zero-order chi connectivity index (χ0) is 16.4. The number of carbonyl (C=O) groups excluding carboxylic acids is 1. The number of nitrogens with zero attached hydrogens (tertiary/aromatic N) is 3. The molecule has 0 aliphatic carbocycles.